The number of hydrogen-bond acceptors (Lipinski definition) is 3. The minimum absolute atomic E-state index is 0.258. The van der Waals surface area contributed by atoms with Crippen LogP contribution in [0, 0.1) is 0 Å². The van der Waals surface area contributed by atoms with Gasteiger partial charge < -0.3 is 5.32 Å². The van der Waals surface area contributed by atoms with E-state index in [1.54, 1.807) is 11.3 Å². The van der Waals surface area contributed by atoms with Crippen LogP contribution in [0.3, 0.4) is 0 Å². The molecule has 2 heterocycles. The van der Waals surface area contributed by atoms with E-state index in [4.69, 9.17) is 0 Å². The van der Waals surface area contributed by atoms with Crippen molar-refractivity contribution in [3.63, 3.8) is 0 Å². The van der Waals surface area contributed by atoms with Crippen molar-refractivity contribution in [1.82, 2.24) is 10.3 Å². The van der Waals surface area contributed by atoms with Gasteiger partial charge in [-0.2, -0.15) is 0 Å². The fourth-order valence-corrected chi connectivity index (χ4v) is 3.37. The number of nitrogens with one attached hydrogen (secondary N) is 1. The topological polar surface area (TPSA) is 24.9 Å². The Labute approximate surface area is 122 Å². The third-order valence-electron chi connectivity index (χ3n) is 2.49. The summed E-state index contributed by atoms with van der Waals surface area (Å²) in [4.78, 5) is 5.78. The van der Waals surface area contributed by atoms with Gasteiger partial charge in [0.05, 0.1) is 15.5 Å². The lowest BCUT2D eigenvalue weighted by Crippen LogP contribution is -2.19. The highest BCUT2D eigenvalue weighted by Gasteiger charge is 2.12. The lowest BCUT2D eigenvalue weighted by molar-refractivity contribution is 0.580. The monoisotopic (exact) mass is 374 g/mol. The lowest BCUT2D eigenvalue weighted by atomic mass is 10.1. The minimum atomic E-state index is 0.258. The Balaban J connectivity index is 2.13. The second-order valence-corrected chi connectivity index (χ2v) is 7.12. The quantitative estimate of drug-likeness (QED) is 0.867. The molecular formula is C12H12Br2N2S. The second kappa shape index (κ2) is 6.09. The van der Waals surface area contributed by atoms with E-state index < -0.39 is 0 Å². The summed E-state index contributed by atoms with van der Waals surface area (Å²) in [5.41, 5.74) is 1.07. The van der Waals surface area contributed by atoms with E-state index in [9.17, 15) is 0 Å². The van der Waals surface area contributed by atoms with Crippen molar-refractivity contribution >= 4 is 43.2 Å². The van der Waals surface area contributed by atoms with Crippen molar-refractivity contribution in [3.05, 3.63) is 49.3 Å². The molecule has 0 aromatic carbocycles. The summed E-state index contributed by atoms with van der Waals surface area (Å²) in [5.74, 6) is 0. The number of aromatic nitrogens is 1. The SMILES string of the molecule is CNC(Cc1ccc(Br)s1)c1ccc(Br)cn1. The largest absolute Gasteiger partial charge is 0.311 e. The van der Waals surface area contributed by atoms with Gasteiger partial charge in [0.2, 0.25) is 0 Å². The molecule has 0 saturated heterocycles. The average Bonchev–Trinajstić information content (AvgIpc) is 2.73. The molecule has 0 radical (unpaired) electrons. The van der Waals surface area contributed by atoms with Crippen molar-refractivity contribution in [2.24, 2.45) is 0 Å². The number of likely N-dealkylation sites (N-methyl/N-ethyl adjacent to an activating group) is 1. The summed E-state index contributed by atoms with van der Waals surface area (Å²) in [7, 11) is 1.97. The van der Waals surface area contributed by atoms with Crippen LogP contribution in [0.5, 0.6) is 0 Å². The fourth-order valence-electron chi connectivity index (χ4n) is 1.61. The van der Waals surface area contributed by atoms with Crippen molar-refractivity contribution < 1.29 is 0 Å². The Hall–Kier alpha value is -0.230. The van der Waals surface area contributed by atoms with Gasteiger partial charge in [-0.05, 0) is 63.2 Å². The molecule has 0 aliphatic heterocycles. The summed E-state index contributed by atoms with van der Waals surface area (Å²) in [6, 6.07) is 8.57. The molecule has 2 nitrogen and oxygen atoms in total. The molecule has 0 aliphatic rings. The molecule has 2 rings (SSSR count). The van der Waals surface area contributed by atoms with Crippen LogP contribution in [0.25, 0.3) is 0 Å². The second-order valence-electron chi connectivity index (χ2n) is 3.65. The molecule has 90 valence electrons. The summed E-state index contributed by atoms with van der Waals surface area (Å²) < 4.78 is 2.18. The van der Waals surface area contributed by atoms with Gasteiger partial charge >= 0.3 is 0 Å². The Morgan fingerprint density at radius 2 is 2.12 bits per heavy atom. The summed E-state index contributed by atoms with van der Waals surface area (Å²) in [6.07, 6.45) is 2.80. The average molecular weight is 376 g/mol. The first-order chi connectivity index (χ1) is 8.19. The highest BCUT2D eigenvalue weighted by Crippen LogP contribution is 2.26. The first-order valence-electron chi connectivity index (χ1n) is 5.22. The number of hydrogen-bond donors (Lipinski definition) is 1. The van der Waals surface area contributed by atoms with Gasteiger partial charge in [-0.15, -0.1) is 11.3 Å². The minimum Gasteiger partial charge on any atom is -0.311 e. The van der Waals surface area contributed by atoms with Crippen molar-refractivity contribution in [2.75, 3.05) is 7.05 Å². The van der Waals surface area contributed by atoms with Crippen LogP contribution in [0.15, 0.2) is 38.7 Å². The smallest absolute Gasteiger partial charge is 0.0701 e. The molecule has 0 aliphatic carbocycles. The van der Waals surface area contributed by atoms with Gasteiger partial charge in [0, 0.05) is 22.0 Å². The van der Waals surface area contributed by atoms with Crippen LogP contribution in [0.2, 0.25) is 0 Å². The molecule has 0 saturated carbocycles. The third kappa shape index (κ3) is 3.61. The van der Waals surface area contributed by atoms with Crippen LogP contribution in [0.4, 0.5) is 0 Å². The molecule has 0 amide bonds. The van der Waals surface area contributed by atoms with Gasteiger partial charge in [0.1, 0.15) is 0 Å². The van der Waals surface area contributed by atoms with E-state index in [0.717, 1.165) is 16.6 Å². The van der Waals surface area contributed by atoms with Crippen LogP contribution >= 0.6 is 43.2 Å². The first-order valence-corrected chi connectivity index (χ1v) is 7.62. The van der Waals surface area contributed by atoms with Gasteiger partial charge in [-0.3, -0.25) is 4.98 Å². The summed E-state index contributed by atoms with van der Waals surface area (Å²) in [5, 5.41) is 3.31. The standard InChI is InChI=1S/C12H12Br2N2S/c1-15-11(6-9-3-5-12(14)17-9)10-4-2-8(13)7-16-10/h2-5,7,11,15H,6H2,1H3. The van der Waals surface area contributed by atoms with Crippen molar-refractivity contribution in [2.45, 2.75) is 12.5 Å². The zero-order valence-electron chi connectivity index (χ0n) is 9.28. The van der Waals surface area contributed by atoms with Crippen LogP contribution in [-0.4, -0.2) is 12.0 Å². The number of rotatable bonds is 4. The van der Waals surface area contributed by atoms with E-state index in [1.807, 2.05) is 25.4 Å². The third-order valence-corrected chi connectivity index (χ3v) is 4.60. The first kappa shape index (κ1) is 13.2. The molecular weight excluding hydrogens is 364 g/mol. The van der Waals surface area contributed by atoms with Crippen LogP contribution < -0.4 is 5.32 Å². The highest BCUT2D eigenvalue weighted by molar-refractivity contribution is 9.11. The van der Waals surface area contributed by atoms with E-state index in [0.29, 0.717) is 0 Å². The molecule has 1 N–H and O–H groups in total. The number of pyridine rings is 1. The predicted molar refractivity (Wildman–Crippen MR) is 79.5 cm³/mol. The molecule has 17 heavy (non-hydrogen) atoms. The molecule has 1 unspecified atom stereocenters. The van der Waals surface area contributed by atoms with Crippen molar-refractivity contribution in [3.8, 4) is 0 Å². The molecule has 0 spiro atoms. The number of thiophene rings is 1. The van der Waals surface area contributed by atoms with Crippen LogP contribution in [0.1, 0.15) is 16.6 Å². The maximum absolute atomic E-state index is 4.44. The maximum atomic E-state index is 4.44. The van der Waals surface area contributed by atoms with E-state index >= 15 is 0 Å². The van der Waals surface area contributed by atoms with Crippen molar-refractivity contribution in [1.29, 1.82) is 0 Å². The normalized spacial score (nSPS) is 12.6. The highest BCUT2D eigenvalue weighted by atomic mass is 79.9. The molecule has 0 fully saturated rings. The molecule has 1 atom stereocenters. The Kier molecular flexibility index (Phi) is 4.73. The summed E-state index contributed by atoms with van der Waals surface area (Å²) in [6.45, 7) is 0. The molecule has 5 heteroatoms. The number of nitrogens with zero attached hydrogens (tertiary/aromatic N) is 1. The molecule has 0 bridgehead atoms. The lowest BCUT2D eigenvalue weighted by Gasteiger charge is -2.14. The van der Waals surface area contributed by atoms with Gasteiger partial charge in [0.15, 0.2) is 0 Å². The van der Waals surface area contributed by atoms with Gasteiger partial charge in [-0.1, -0.05) is 0 Å². The zero-order valence-corrected chi connectivity index (χ0v) is 13.3. The Morgan fingerprint density at radius 1 is 1.29 bits per heavy atom. The predicted octanol–water partition coefficient (Wildman–Crippen LogP) is 4.17. The van der Waals surface area contributed by atoms with E-state index in [-0.39, 0.29) is 6.04 Å². The van der Waals surface area contributed by atoms with E-state index in [1.165, 1.54) is 8.66 Å². The molecule has 2 aromatic heterocycles. The fraction of sp³-hybridized carbons (Fsp3) is 0.250. The zero-order chi connectivity index (χ0) is 12.3. The van der Waals surface area contributed by atoms with Crippen LogP contribution in [-0.2, 0) is 6.42 Å². The maximum Gasteiger partial charge on any atom is 0.0701 e. The molecule has 2 aromatic rings. The Morgan fingerprint density at radius 3 is 2.65 bits per heavy atom. The van der Waals surface area contributed by atoms with Gasteiger partial charge in [-0.25, -0.2) is 0 Å². The number of halogens is 2. The van der Waals surface area contributed by atoms with E-state index in [2.05, 4.69) is 54.3 Å². The van der Waals surface area contributed by atoms with Gasteiger partial charge in [0.25, 0.3) is 0 Å². The Bertz CT molecular complexity index is 482. The summed E-state index contributed by atoms with van der Waals surface area (Å²) >= 11 is 8.65.